The highest BCUT2D eigenvalue weighted by Crippen LogP contribution is 2.51. The lowest BCUT2D eigenvalue weighted by Gasteiger charge is -2.29. The monoisotopic (exact) mass is 643 g/mol. The van der Waals surface area contributed by atoms with Gasteiger partial charge in [0, 0.05) is 42.3 Å². The van der Waals surface area contributed by atoms with Crippen molar-refractivity contribution in [2.45, 2.75) is 19.3 Å². The second-order valence-corrected chi connectivity index (χ2v) is 14.8. The largest absolute Gasteiger partial charge is 0.310 e. The minimum atomic E-state index is -0.0942. The van der Waals surface area contributed by atoms with Crippen molar-refractivity contribution in [2.75, 3.05) is 4.90 Å². The van der Waals surface area contributed by atoms with Gasteiger partial charge in [-0.3, -0.25) is 0 Å². The van der Waals surface area contributed by atoms with E-state index in [9.17, 15) is 0 Å². The first kappa shape index (κ1) is 28.3. The lowest BCUT2D eigenvalue weighted by Crippen LogP contribution is -2.16. The van der Waals surface area contributed by atoms with Crippen molar-refractivity contribution >= 4 is 70.1 Å². The molecule has 0 fully saturated rings. The van der Waals surface area contributed by atoms with Gasteiger partial charge in [0.2, 0.25) is 0 Å². The highest BCUT2D eigenvalue weighted by molar-refractivity contribution is 7.25. The van der Waals surface area contributed by atoms with E-state index in [1.807, 2.05) is 11.3 Å². The predicted octanol–water partition coefficient (Wildman–Crippen LogP) is 13.8. The highest BCUT2D eigenvalue weighted by atomic mass is 32.1. The molecule has 0 unspecified atom stereocenters. The van der Waals surface area contributed by atoms with Crippen LogP contribution in [-0.2, 0) is 5.41 Å². The number of rotatable bonds is 4. The van der Waals surface area contributed by atoms with Crippen molar-refractivity contribution in [1.82, 2.24) is 0 Å². The van der Waals surface area contributed by atoms with Crippen LogP contribution in [0.2, 0.25) is 0 Å². The van der Waals surface area contributed by atoms with Crippen LogP contribution in [0.5, 0.6) is 0 Å². The number of benzene rings is 8. The lowest BCUT2D eigenvalue weighted by molar-refractivity contribution is 0.660. The summed E-state index contributed by atoms with van der Waals surface area (Å²) in [6.45, 7) is 4.73. The molecule has 8 aromatic carbocycles. The van der Waals surface area contributed by atoms with Gasteiger partial charge in [-0.15, -0.1) is 11.3 Å². The smallest absolute Gasteiger partial charge is 0.0546 e. The van der Waals surface area contributed by atoms with Crippen LogP contribution in [0, 0.1) is 0 Å². The van der Waals surface area contributed by atoms with E-state index in [2.05, 4.69) is 183 Å². The molecule has 0 aliphatic heterocycles. The molecule has 2 heteroatoms. The molecule has 0 amide bonds. The maximum atomic E-state index is 2.48. The molecular formula is C47H33NS. The Hall–Kier alpha value is -5.70. The van der Waals surface area contributed by atoms with E-state index in [0.29, 0.717) is 0 Å². The molecule has 1 aliphatic rings. The average Bonchev–Trinajstić information content (AvgIpc) is 3.62. The molecule has 9 aromatic rings. The van der Waals surface area contributed by atoms with Crippen LogP contribution in [0.4, 0.5) is 17.1 Å². The molecule has 0 atom stereocenters. The van der Waals surface area contributed by atoms with Gasteiger partial charge >= 0.3 is 0 Å². The second kappa shape index (κ2) is 10.7. The van der Waals surface area contributed by atoms with Crippen LogP contribution in [0.1, 0.15) is 25.0 Å². The molecular weight excluding hydrogens is 611 g/mol. The van der Waals surface area contributed by atoms with Crippen LogP contribution in [0.15, 0.2) is 164 Å². The van der Waals surface area contributed by atoms with Crippen molar-refractivity contribution in [3.63, 3.8) is 0 Å². The molecule has 0 N–H and O–H groups in total. The van der Waals surface area contributed by atoms with Crippen molar-refractivity contribution in [2.24, 2.45) is 0 Å². The first-order valence-electron chi connectivity index (χ1n) is 17.0. The summed E-state index contributed by atoms with van der Waals surface area (Å²) < 4.78 is 2.66. The minimum absolute atomic E-state index is 0.0942. The zero-order valence-electron chi connectivity index (χ0n) is 27.4. The Balaban J connectivity index is 1.23. The maximum absolute atomic E-state index is 2.48. The molecule has 0 spiro atoms. The molecule has 0 bridgehead atoms. The van der Waals surface area contributed by atoms with E-state index >= 15 is 0 Å². The van der Waals surface area contributed by atoms with E-state index in [1.165, 1.54) is 86.5 Å². The van der Waals surface area contributed by atoms with E-state index < -0.39 is 0 Å². The maximum Gasteiger partial charge on any atom is 0.0546 e. The zero-order valence-corrected chi connectivity index (χ0v) is 28.3. The Labute approximate surface area is 290 Å². The number of thiophene rings is 1. The Bertz CT molecular complexity index is 2730. The number of hydrogen-bond acceptors (Lipinski definition) is 2. The lowest BCUT2D eigenvalue weighted by atomic mass is 9.82. The Kier molecular flexibility index (Phi) is 6.16. The number of anilines is 3. The summed E-state index contributed by atoms with van der Waals surface area (Å²) in [6.07, 6.45) is 0. The standard InChI is InChI=1S/C47H33NS/c1-47(2)41-16-8-6-14-36(41)37-26-25-35(28-42(37)47)48(34-23-21-31(22-24-34)30-11-4-3-5-12-30)43-17-10-13-32-19-20-33-27-40-38-15-7-9-18-44(38)49-45(40)29-39(33)46(32)43/h3-29H,1-2H3. The van der Waals surface area contributed by atoms with Crippen molar-refractivity contribution in [1.29, 1.82) is 0 Å². The van der Waals surface area contributed by atoms with Crippen LogP contribution < -0.4 is 4.90 Å². The van der Waals surface area contributed by atoms with Crippen LogP contribution in [0.25, 0.3) is 64.0 Å². The third kappa shape index (κ3) is 4.31. The van der Waals surface area contributed by atoms with Gasteiger partial charge in [-0.2, -0.15) is 0 Å². The van der Waals surface area contributed by atoms with Crippen LogP contribution in [-0.4, -0.2) is 0 Å². The fourth-order valence-corrected chi connectivity index (χ4v) is 9.32. The van der Waals surface area contributed by atoms with Gasteiger partial charge in [-0.05, 0) is 98.1 Å². The Morgan fingerprint density at radius 3 is 2.04 bits per heavy atom. The van der Waals surface area contributed by atoms with Gasteiger partial charge in [0.15, 0.2) is 0 Å². The predicted molar refractivity (Wildman–Crippen MR) is 212 cm³/mol. The molecule has 0 saturated heterocycles. The van der Waals surface area contributed by atoms with Gasteiger partial charge in [-0.1, -0.05) is 129 Å². The summed E-state index contributed by atoms with van der Waals surface area (Å²) in [5, 5.41) is 7.73. The molecule has 1 heterocycles. The molecule has 0 saturated carbocycles. The molecule has 49 heavy (non-hydrogen) atoms. The topological polar surface area (TPSA) is 3.24 Å². The number of hydrogen-bond donors (Lipinski definition) is 0. The van der Waals surface area contributed by atoms with E-state index in [0.717, 1.165) is 5.69 Å². The Morgan fingerprint density at radius 2 is 1.16 bits per heavy atom. The van der Waals surface area contributed by atoms with Gasteiger partial charge < -0.3 is 4.90 Å². The SMILES string of the molecule is CC1(C)c2ccccc2-c2ccc(N(c3ccc(-c4ccccc4)cc3)c3cccc4ccc5cc6c(cc5c34)sc3ccccc36)cc21. The first-order valence-corrected chi connectivity index (χ1v) is 17.8. The van der Waals surface area contributed by atoms with E-state index in [-0.39, 0.29) is 5.41 Å². The molecule has 1 nitrogen and oxygen atoms in total. The Morgan fingerprint density at radius 1 is 0.449 bits per heavy atom. The van der Waals surface area contributed by atoms with Crippen molar-refractivity contribution in [3.05, 3.63) is 175 Å². The van der Waals surface area contributed by atoms with Crippen LogP contribution in [0.3, 0.4) is 0 Å². The summed E-state index contributed by atoms with van der Waals surface area (Å²) >= 11 is 1.89. The van der Waals surface area contributed by atoms with Gasteiger partial charge in [0.25, 0.3) is 0 Å². The van der Waals surface area contributed by atoms with Crippen LogP contribution >= 0.6 is 11.3 Å². The third-order valence-corrected chi connectivity index (χ3v) is 11.8. The number of fused-ring (bicyclic) bond motifs is 9. The van der Waals surface area contributed by atoms with Crippen molar-refractivity contribution in [3.8, 4) is 22.3 Å². The van der Waals surface area contributed by atoms with E-state index in [1.54, 1.807) is 0 Å². The summed E-state index contributed by atoms with van der Waals surface area (Å²) in [5.41, 5.74) is 11.3. The fraction of sp³-hybridized carbons (Fsp3) is 0.0638. The fourth-order valence-electron chi connectivity index (χ4n) is 8.19. The van der Waals surface area contributed by atoms with Gasteiger partial charge in [0.1, 0.15) is 0 Å². The molecule has 10 rings (SSSR count). The van der Waals surface area contributed by atoms with Gasteiger partial charge in [0.05, 0.1) is 5.69 Å². The average molecular weight is 644 g/mol. The quantitative estimate of drug-likeness (QED) is 0.173. The van der Waals surface area contributed by atoms with E-state index in [4.69, 9.17) is 0 Å². The second-order valence-electron chi connectivity index (χ2n) is 13.8. The van der Waals surface area contributed by atoms with Crippen molar-refractivity contribution < 1.29 is 0 Å². The zero-order chi connectivity index (χ0) is 32.7. The third-order valence-electron chi connectivity index (χ3n) is 10.6. The highest BCUT2D eigenvalue weighted by Gasteiger charge is 2.35. The summed E-state index contributed by atoms with van der Waals surface area (Å²) in [5.74, 6) is 0. The first-order chi connectivity index (χ1) is 24.0. The molecule has 232 valence electrons. The minimum Gasteiger partial charge on any atom is -0.310 e. The van der Waals surface area contributed by atoms with Gasteiger partial charge in [-0.25, -0.2) is 0 Å². The number of nitrogens with zero attached hydrogens (tertiary/aromatic N) is 1. The molecule has 0 radical (unpaired) electrons. The summed E-state index contributed by atoms with van der Waals surface area (Å²) in [6, 6.07) is 60.7. The summed E-state index contributed by atoms with van der Waals surface area (Å²) in [4.78, 5) is 2.48. The normalized spacial score (nSPS) is 13.3. The summed E-state index contributed by atoms with van der Waals surface area (Å²) in [7, 11) is 0. The molecule has 1 aromatic heterocycles. The molecule has 1 aliphatic carbocycles.